The molecule has 202 valence electrons. The molecule has 1 aromatic heterocycles. The van der Waals surface area contributed by atoms with Crippen LogP contribution in [0.5, 0.6) is 5.75 Å². The molecule has 2 aromatic carbocycles. The Labute approximate surface area is 228 Å². The van der Waals surface area contributed by atoms with Gasteiger partial charge in [-0.15, -0.1) is 0 Å². The van der Waals surface area contributed by atoms with Crippen molar-refractivity contribution in [1.82, 2.24) is 19.8 Å². The van der Waals surface area contributed by atoms with Crippen LogP contribution in [0.2, 0.25) is 0 Å². The van der Waals surface area contributed by atoms with E-state index in [-0.39, 0.29) is 12.1 Å². The fourth-order valence-electron chi connectivity index (χ4n) is 4.79. The highest BCUT2D eigenvalue weighted by molar-refractivity contribution is 5.90. The van der Waals surface area contributed by atoms with Crippen molar-refractivity contribution in [3.63, 3.8) is 0 Å². The molecule has 1 atom stereocenters. The number of likely N-dealkylation sites (tertiary alicyclic amines) is 1. The standard InChI is InChI=1S/C29H33N7O3/c1-35(2)24-9-13-36(19-24)29(37)33-23-5-3-4-22(17-23)32-28-31-12-8-26(34-28)20-6-7-27(21(16-20)18-30)39-25-10-14-38-15-11-25/h3-8,12,16-17,24-25H,9-11,13-15,19H2,1-2H3,(H,33,37)(H,31,32,34). The SMILES string of the molecule is CN(C)C1CCN(C(=O)Nc2cccc(Nc3nccc(-c4ccc(OC5CCOCC5)c(C#N)c4)n3)c2)C1. The molecule has 3 aromatic rings. The summed E-state index contributed by atoms with van der Waals surface area (Å²) in [6, 6.07) is 17.3. The number of likely N-dealkylation sites (N-methyl/N-ethyl adjacent to an activating group) is 1. The Morgan fingerprint density at radius 2 is 1.95 bits per heavy atom. The van der Waals surface area contributed by atoms with Crippen LogP contribution in [0.25, 0.3) is 11.3 Å². The molecule has 0 radical (unpaired) electrons. The Hall–Kier alpha value is -4.20. The Balaban J connectivity index is 1.25. The predicted molar refractivity (Wildman–Crippen MR) is 149 cm³/mol. The molecule has 2 amide bonds. The zero-order valence-electron chi connectivity index (χ0n) is 22.3. The number of ether oxygens (including phenoxy) is 2. The normalized spacial score (nSPS) is 17.6. The third kappa shape index (κ3) is 6.63. The Kier molecular flexibility index (Phi) is 8.20. The second kappa shape index (κ2) is 12.1. The Bertz CT molecular complexity index is 1350. The number of carbonyl (C=O) groups is 1. The van der Waals surface area contributed by atoms with Gasteiger partial charge in [0.25, 0.3) is 0 Å². The average Bonchev–Trinajstić information content (AvgIpc) is 3.46. The molecule has 0 bridgehead atoms. The van der Waals surface area contributed by atoms with Crippen molar-refractivity contribution in [2.75, 3.05) is 51.0 Å². The van der Waals surface area contributed by atoms with Gasteiger partial charge in [-0.25, -0.2) is 14.8 Å². The Morgan fingerprint density at radius 3 is 2.72 bits per heavy atom. The molecule has 0 saturated carbocycles. The molecule has 2 aliphatic heterocycles. The molecule has 10 heteroatoms. The molecule has 0 spiro atoms. The molecular weight excluding hydrogens is 494 g/mol. The summed E-state index contributed by atoms with van der Waals surface area (Å²) in [4.78, 5) is 25.8. The highest BCUT2D eigenvalue weighted by Gasteiger charge is 2.27. The van der Waals surface area contributed by atoms with E-state index in [2.05, 4.69) is 31.6 Å². The fraction of sp³-hybridized carbons (Fsp3) is 0.379. The lowest BCUT2D eigenvalue weighted by molar-refractivity contribution is 0.0254. The van der Waals surface area contributed by atoms with Crippen molar-refractivity contribution in [2.24, 2.45) is 0 Å². The smallest absolute Gasteiger partial charge is 0.321 e. The van der Waals surface area contributed by atoms with Crippen LogP contribution in [0.4, 0.5) is 22.1 Å². The minimum atomic E-state index is -0.104. The van der Waals surface area contributed by atoms with Crippen molar-refractivity contribution in [2.45, 2.75) is 31.4 Å². The van der Waals surface area contributed by atoms with E-state index in [0.29, 0.717) is 54.4 Å². The molecule has 2 fully saturated rings. The maximum absolute atomic E-state index is 12.8. The lowest BCUT2D eigenvalue weighted by Gasteiger charge is -2.23. The first-order valence-corrected chi connectivity index (χ1v) is 13.2. The van der Waals surface area contributed by atoms with Crippen LogP contribution < -0.4 is 15.4 Å². The van der Waals surface area contributed by atoms with Gasteiger partial charge in [-0.1, -0.05) is 6.07 Å². The van der Waals surface area contributed by atoms with E-state index < -0.39 is 0 Å². The first-order valence-electron chi connectivity index (χ1n) is 13.2. The van der Waals surface area contributed by atoms with Gasteiger partial charge >= 0.3 is 6.03 Å². The van der Waals surface area contributed by atoms with E-state index in [1.807, 2.05) is 55.4 Å². The van der Waals surface area contributed by atoms with Crippen LogP contribution >= 0.6 is 0 Å². The van der Waals surface area contributed by atoms with Gasteiger partial charge in [-0.05, 0) is 63.0 Å². The van der Waals surface area contributed by atoms with Crippen molar-refractivity contribution in [3.8, 4) is 23.1 Å². The first kappa shape index (κ1) is 26.4. The Morgan fingerprint density at radius 1 is 1.13 bits per heavy atom. The number of anilines is 3. The molecule has 0 aliphatic carbocycles. The summed E-state index contributed by atoms with van der Waals surface area (Å²) in [6.45, 7) is 2.80. The number of nitrogens with one attached hydrogen (secondary N) is 2. The number of nitrogens with zero attached hydrogens (tertiary/aromatic N) is 5. The van der Waals surface area contributed by atoms with Gasteiger partial charge in [0, 0.05) is 55.1 Å². The molecule has 2 N–H and O–H groups in total. The molecule has 2 saturated heterocycles. The number of aromatic nitrogens is 2. The second-order valence-corrected chi connectivity index (χ2v) is 10.0. The summed E-state index contributed by atoms with van der Waals surface area (Å²) in [5.41, 5.74) is 3.36. The van der Waals surface area contributed by atoms with E-state index in [9.17, 15) is 10.1 Å². The molecule has 1 unspecified atom stereocenters. The average molecular weight is 528 g/mol. The summed E-state index contributed by atoms with van der Waals surface area (Å²) in [6.07, 6.45) is 4.32. The summed E-state index contributed by atoms with van der Waals surface area (Å²) in [7, 11) is 4.08. The quantitative estimate of drug-likeness (QED) is 0.462. The van der Waals surface area contributed by atoms with Crippen molar-refractivity contribution >= 4 is 23.4 Å². The van der Waals surface area contributed by atoms with E-state index >= 15 is 0 Å². The van der Waals surface area contributed by atoms with Crippen LogP contribution in [-0.4, -0.2) is 78.3 Å². The van der Waals surface area contributed by atoms with Crippen molar-refractivity contribution in [3.05, 3.63) is 60.3 Å². The molecule has 5 rings (SSSR count). The van der Waals surface area contributed by atoms with E-state index in [1.54, 1.807) is 18.3 Å². The largest absolute Gasteiger partial charge is 0.489 e. The second-order valence-electron chi connectivity index (χ2n) is 10.0. The molecule has 10 nitrogen and oxygen atoms in total. The number of amides is 2. The number of rotatable bonds is 7. The summed E-state index contributed by atoms with van der Waals surface area (Å²) >= 11 is 0. The van der Waals surface area contributed by atoms with Crippen LogP contribution in [0.3, 0.4) is 0 Å². The predicted octanol–water partition coefficient (Wildman–Crippen LogP) is 4.48. The lowest BCUT2D eigenvalue weighted by atomic mass is 10.1. The zero-order valence-corrected chi connectivity index (χ0v) is 22.3. The van der Waals surface area contributed by atoms with Gasteiger partial charge in [0.15, 0.2) is 0 Å². The monoisotopic (exact) mass is 527 g/mol. The van der Waals surface area contributed by atoms with Gasteiger partial charge in [0.1, 0.15) is 17.9 Å². The first-order chi connectivity index (χ1) is 19.0. The number of carbonyl (C=O) groups excluding carboxylic acids is 1. The van der Waals surface area contributed by atoms with E-state index in [0.717, 1.165) is 37.1 Å². The summed E-state index contributed by atoms with van der Waals surface area (Å²) < 4.78 is 11.5. The van der Waals surface area contributed by atoms with Crippen LogP contribution in [-0.2, 0) is 4.74 Å². The number of nitriles is 1. The summed E-state index contributed by atoms with van der Waals surface area (Å²) in [5.74, 6) is 0.982. The summed E-state index contributed by atoms with van der Waals surface area (Å²) in [5, 5.41) is 15.9. The minimum absolute atomic E-state index is 0.0532. The van der Waals surface area contributed by atoms with Gasteiger partial charge in [-0.3, -0.25) is 0 Å². The fourth-order valence-corrected chi connectivity index (χ4v) is 4.79. The number of benzene rings is 2. The van der Waals surface area contributed by atoms with E-state index in [4.69, 9.17) is 9.47 Å². The van der Waals surface area contributed by atoms with Crippen molar-refractivity contribution < 1.29 is 14.3 Å². The number of urea groups is 1. The van der Waals surface area contributed by atoms with Gasteiger partial charge in [0.05, 0.1) is 24.5 Å². The maximum atomic E-state index is 12.8. The topological polar surface area (TPSA) is 116 Å². The van der Waals surface area contributed by atoms with Gasteiger partial charge in [0.2, 0.25) is 5.95 Å². The van der Waals surface area contributed by atoms with Crippen LogP contribution in [0, 0.1) is 11.3 Å². The lowest BCUT2D eigenvalue weighted by Crippen LogP contribution is -2.36. The van der Waals surface area contributed by atoms with Gasteiger partial charge < -0.3 is 29.9 Å². The molecule has 3 heterocycles. The van der Waals surface area contributed by atoms with Crippen LogP contribution in [0.15, 0.2) is 54.7 Å². The number of hydrogen-bond donors (Lipinski definition) is 2. The minimum Gasteiger partial charge on any atom is -0.489 e. The third-order valence-electron chi connectivity index (χ3n) is 7.06. The highest BCUT2D eigenvalue weighted by Crippen LogP contribution is 2.28. The van der Waals surface area contributed by atoms with Crippen molar-refractivity contribution in [1.29, 1.82) is 5.26 Å². The van der Waals surface area contributed by atoms with Gasteiger partial charge in [-0.2, -0.15) is 5.26 Å². The molecular formula is C29H33N7O3. The number of hydrogen-bond acceptors (Lipinski definition) is 8. The van der Waals surface area contributed by atoms with Crippen LogP contribution in [0.1, 0.15) is 24.8 Å². The molecule has 39 heavy (non-hydrogen) atoms. The molecule has 2 aliphatic rings. The highest BCUT2D eigenvalue weighted by atomic mass is 16.5. The third-order valence-corrected chi connectivity index (χ3v) is 7.06. The maximum Gasteiger partial charge on any atom is 0.321 e. The van der Waals surface area contributed by atoms with E-state index in [1.165, 1.54) is 0 Å². The zero-order chi connectivity index (χ0) is 27.2.